The molecule has 138 valence electrons. The summed E-state index contributed by atoms with van der Waals surface area (Å²) in [4.78, 5) is 23.9. The summed E-state index contributed by atoms with van der Waals surface area (Å²) in [6.07, 6.45) is 1.17. The third kappa shape index (κ3) is 4.60. The van der Waals surface area contributed by atoms with Crippen LogP contribution in [0.15, 0.2) is 23.4 Å². The van der Waals surface area contributed by atoms with Gasteiger partial charge in [0.15, 0.2) is 6.10 Å². The summed E-state index contributed by atoms with van der Waals surface area (Å²) in [5.41, 5.74) is 2.98. The first-order chi connectivity index (χ1) is 12.4. The van der Waals surface area contributed by atoms with Gasteiger partial charge in [-0.05, 0) is 61.2 Å². The van der Waals surface area contributed by atoms with Gasteiger partial charge in [-0.25, -0.2) is 0 Å². The highest BCUT2D eigenvalue weighted by atomic mass is 32.2. The number of hydrogen-bond acceptors (Lipinski definition) is 7. The Kier molecular flexibility index (Phi) is 5.55. The molecule has 8 nitrogen and oxygen atoms in total. The van der Waals surface area contributed by atoms with E-state index in [2.05, 4.69) is 20.8 Å². The van der Waals surface area contributed by atoms with Gasteiger partial charge in [0.05, 0.1) is 11.4 Å². The Morgan fingerprint density at radius 3 is 2.88 bits per heavy atom. The maximum absolute atomic E-state index is 12.0. The first-order valence-electron chi connectivity index (χ1n) is 8.42. The molecular weight excluding hydrogens is 354 g/mol. The van der Waals surface area contributed by atoms with Crippen molar-refractivity contribution in [3.05, 3.63) is 29.3 Å². The van der Waals surface area contributed by atoms with Gasteiger partial charge >= 0.3 is 5.97 Å². The second kappa shape index (κ2) is 7.86. The molecule has 1 saturated carbocycles. The molecule has 1 aliphatic carbocycles. The number of tetrazole rings is 1. The van der Waals surface area contributed by atoms with Crippen LogP contribution in [0.1, 0.15) is 30.9 Å². The fourth-order valence-electron chi connectivity index (χ4n) is 2.32. The van der Waals surface area contributed by atoms with E-state index in [0.29, 0.717) is 5.16 Å². The van der Waals surface area contributed by atoms with Crippen LogP contribution in [-0.4, -0.2) is 50.0 Å². The summed E-state index contributed by atoms with van der Waals surface area (Å²) in [7, 11) is 0. The van der Waals surface area contributed by atoms with Crippen molar-refractivity contribution in [3.8, 4) is 5.69 Å². The standard InChI is InChI=1S/C17H21N5O3S/c1-10-4-5-11(2)14(8-10)22-17(19-20-21-22)26-9-15(23)25-12(3)16(24)18-13-6-7-13/h4-5,8,12-13H,6-7,9H2,1-3H3,(H,18,24)/t12-/m0/s1. The molecule has 1 heterocycles. The number of aryl methyl sites for hydroxylation is 2. The van der Waals surface area contributed by atoms with Gasteiger partial charge in [-0.2, -0.15) is 4.68 Å². The molecule has 2 aromatic rings. The van der Waals surface area contributed by atoms with E-state index in [-0.39, 0.29) is 17.7 Å². The zero-order valence-electron chi connectivity index (χ0n) is 14.9. The van der Waals surface area contributed by atoms with Crippen LogP contribution in [0.25, 0.3) is 5.69 Å². The zero-order chi connectivity index (χ0) is 18.7. The Labute approximate surface area is 155 Å². The predicted molar refractivity (Wildman–Crippen MR) is 96.1 cm³/mol. The molecule has 1 aliphatic rings. The van der Waals surface area contributed by atoms with Crippen molar-refractivity contribution in [3.63, 3.8) is 0 Å². The first-order valence-corrected chi connectivity index (χ1v) is 9.41. The number of rotatable bonds is 7. The number of amides is 1. The van der Waals surface area contributed by atoms with Crippen LogP contribution in [0.2, 0.25) is 0 Å². The van der Waals surface area contributed by atoms with Crippen LogP contribution >= 0.6 is 11.8 Å². The van der Waals surface area contributed by atoms with Gasteiger partial charge in [-0.3, -0.25) is 9.59 Å². The molecule has 0 saturated heterocycles. The lowest BCUT2D eigenvalue weighted by molar-refractivity contribution is -0.152. The predicted octanol–water partition coefficient (Wildman–Crippen LogP) is 1.58. The van der Waals surface area contributed by atoms with Crippen molar-refractivity contribution in [1.29, 1.82) is 0 Å². The number of carbonyl (C=O) groups excluding carboxylic acids is 2. The lowest BCUT2D eigenvalue weighted by Gasteiger charge is -2.13. The molecule has 0 unspecified atom stereocenters. The van der Waals surface area contributed by atoms with Crippen molar-refractivity contribution in [2.24, 2.45) is 0 Å². The lowest BCUT2D eigenvalue weighted by Crippen LogP contribution is -2.37. The summed E-state index contributed by atoms with van der Waals surface area (Å²) in [5, 5.41) is 15.0. The van der Waals surface area contributed by atoms with Crippen molar-refractivity contribution < 1.29 is 14.3 Å². The lowest BCUT2D eigenvalue weighted by atomic mass is 10.1. The van der Waals surface area contributed by atoms with Gasteiger partial charge in [-0.1, -0.05) is 23.9 Å². The van der Waals surface area contributed by atoms with E-state index in [9.17, 15) is 9.59 Å². The van der Waals surface area contributed by atoms with Gasteiger partial charge in [-0.15, -0.1) is 5.10 Å². The smallest absolute Gasteiger partial charge is 0.317 e. The van der Waals surface area contributed by atoms with Crippen LogP contribution in [0, 0.1) is 13.8 Å². The van der Waals surface area contributed by atoms with E-state index in [1.165, 1.54) is 11.8 Å². The summed E-state index contributed by atoms with van der Waals surface area (Å²) in [6.45, 7) is 5.53. The Hall–Kier alpha value is -2.42. The number of esters is 1. The Morgan fingerprint density at radius 1 is 1.38 bits per heavy atom. The van der Waals surface area contributed by atoms with E-state index in [1.807, 2.05) is 32.0 Å². The maximum Gasteiger partial charge on any atom is 0.317 e. The monoisotopic (exact) mass is 375 g/mol. The number of thioether (sulfide) groups is 1. The Morgan fingerprint density at radius 2 is 2.15 bits per heavy atom. The molecule has 0 radical (unpaired) electrons. The van der Waals surface area contributed by atoms with Gasteiger partial charge in [0.2, 0.25) is 5.16 Å². The minimum absolute atomic E-state index is 0.0201. The van der Waals surface area contributed by atoms with Crippen LogP contribution in [0.5, 0.6) is 0 Å². The minimum atomic E-state index is -0.807. The fraction of sp³-hybridized carbons (Fsp3) is 0.471. The number of nitrogens with zero attached hydrogens (tertiary/aromatic N) is 4. The highest BCUT2D eigenvalue weighted by Gasteiger charge is 2.27. The first kappa shape index (κ1) is 18.4. The van der Waals surface area contributed by atoms with Crippen molar-refractivity contribution in [1.82, 2.24) is 25.5 Å². The molecule has 1 N–H and O–H groups in total. The third-order valence-electron chi connectivity index (χ3n) is 3.95. The molecule has 1 aromatic heterocycles. The van der Waals surface area contributed by atoms with Crippen LogP contribution < -0.4 is 5.32 Å². The molecule has 1 atom stereocenters. The highest BCUT2D eigenvalue weighted by molar-refractivity contribution is 7.99. The molecule has 0 aliphatic heterocycles. The van der Waals surface area contributed by atoms with E-state index < -0.39 is 12.1 Å². The molecule has 1 fully saturated rings. The number of benzene rings is 1. The maximum atomic E-state index is 12.0. The largest absolute Gasteiger partial charge is 0.452 e. The van der Waals surface area contributed by atoms with E-state index >= 15 is 0 Å². The van der Waals surface area contributed by atoms with Crippen molar-refractivity contribution in [2.75, 3.05) is 5.75 Å². The quantitative estimate of drug-likeness (QED) is 0.579. The van der Waals surface area contributed by atoms with E-state index in [1.54, 1.807) is 11.6 Å². The summed E-state index contributed by atoms with van der Waals surface area (Å²) < 4.78 is 6.78. The van der Waals surface area contributed by atoms with Crippen LogP contribution in [-0.2, 0) is 14.3 Å². The number of carbonyl (C=O) groups is 2. The number of aromatic nitrogens is 4. The summed E-state index contributed by atoms with van der Waals surface area (Å²) >= 11 is 1.17. The summed E-state index contributed by atoms with van der Waals surface area (Å²) in [5.74, 6) is -0.721. The molecule has 26 heavy (non-hydrogen) atoms. The van der Waals surface area contributed by atoms with Gasteiger partial charge < -0.3 is 10.1 Å². The SMILES string of the molecule is Cc1ccc(C)c(-n2nnnc2SCC(=O)O[C@@H](C)C(=O)NC2CC2)c1. The normalized spacial score (nSPS) is 14.7. The van der Waals surface area contributed by atoms with Gasteiger partial charge in [0.1, 0.15) is 0 Å². The van der Waals surface area contributed by atoms with Crippen molar-refractivity contribution >= 4 is 23.6 Å². The fourth-order valence-corrected chi connectivity index (χ4v) is 2.99. The molecule has 1 aromatic carbocycles. The second-order valence-corrected chi connectivity index (χ2v) is 7.31. The molecular formula is C17H21N5O3S. The van der Waals surface area contributed by atoms with E-state index in [0.717, 1.165) is 29.7 Å². The van der Waals surface area contributed by atoms with Crippen LogP contribution in [0.4, 0.5) is 0 Å². The molecule has 0 spiro atoms. The highest BCUT2D eigenvalue weighted by Crippen LogP contribution is 2.22. The zero-order valence-corrected chi connectivity index (χ0v) is 15.7. The molecule has 0 bridgehead atoms. The Bertz CT molecular complexity index is 818. The third-order valence-corrected chi connectivity index (χ3v) is 4.85. The second-order valence-electron chi connectivity index (χ2n) is 6.37. The molecule has 9 heteroatoms. The molecule has 3 rings (SSSR count). The van der Waals surface area contributed by atoms with Crippen molar-refractivity contribution in [2.45, 2.75) is 50.9 Å². The number of hydrogen-bond donors (Lipinski definition) is 1. The summed E-state index contributed by atoms with van der Waals surface area (Å²) in [6, 6.07) is 6.23. The molecule has 1 amide bonds. The van der Waals surface area contributed by atoms with Crippen LogP contribution in [0.3, 0.4) is 0 Å². The average Bonchev–Trinajstić information content (AvgIpc) is 3.29. The number of ether oxygens (including phenoxy) is 1. The van der Waals surface area contributed by atoms with Gasteiger partial charge in [0, 0.05) is 6.04 Å². The minimum Gasteiger partial charge on any atom is -0.452 e. The van der Waals surface area contributed by atoms with E-state index in [4.69, 9.17) is 4.74 Å². The Balaban J connectivity index is 1.58. The topological polar surface area (TPSA) is 99.0 Å². The van der Waals surface area contributed by atoms with Gasteiger partial charge in [0.25, 0.3) is 5.91 Å². The average molecular weight is 375 g/mol. The number of nitrogens with one attached hydrogen (secondary N) is 1.